The highest BCUT2D eigenvalue weighted by atomic mass is 32.1. The zero-order valence-electron chi connectivity index (χ0n) is 15.4. The summed E-state index contributed by atoms with van der Waals surface area (Å²) in [7, 11) is 0. The fourth-order valence-electron chi connectivity index (χ4n) is 4.36. The van der Waals surface area contributed by atoms with E-state index in [1.54, 1.807) is 10.9 Å². The van der Waals surface area contributed by atoms with Crippen molar-refractivity contribution in [1.82, 2.24) is 14.8 Å². The van der Waals surface area contributed by atoms with Crippen molar-refractivity contribution in [3.63, 3.8) is 0 Å². The average Bonchev–Trinajstić information content (AvgIpc) is 3.38. The highest BCUT2D eigenvalue weighted by Crippen LogP contribution is 2.51. The largest absolute Gasteiger partial charge is 0.324 e. The van der Waals surface area contributed by atoms with Crippen LogP contribution >= 0.6 is 11.3 Å². The molecule has 0 radical (unpaired) electrons. The third-order valence-electron chi connectivity index (χ3n) is 5.74. The van der Waals surface area contributed by atoms with Crippen LogP contribution in [-0.4, -0.2) is 26.6 Å². The lowest BCUT2D eigenvalue weighted by atomic mass is 9.71. The zero-order chi connectivity index (χ0) is 19.8. The highest BCUT2D eigenvalue weighted by Gasteiger charge is 2.54. The first-order valence-corrected chi connectivity index (χ1v) is 10.1. The van der Waals surface area contributed by atoms with Gasteiger partial charge in [0, 0.05) is 17.7 Å². The molecule has 2 aliphatic rings. The van der Waals surface area contributed by atoms with E-state index < -0.39 is 5.41 Å². The Kier molecular flexibility index (Phi) is 3.12. The molecular weight excluding hydrogens is 386 g/mol. The monoisotopic (exact) mass is 401 g/mol. The SMILES string of the molecule is Cc1cccc2c1NC(=O)[C@]21CC(=O)Nc2c1cnn2-c1nc2ccccc2s1. The van der Waals surface area contributed by atoms with Gasteiger partial charge in [-0.2, -0.15) is 9.78 Å². The van der Waals surface area contributed by atoms with E-state index in [1.807, 2.05) is 49.4 Å². The van der Waals surface area contributed by atoms with E-state index in [4.69, 9.17) is 0 Å². The molecule has 0 saturated carbocycles. The molecule has 4 aromatic rings. The van der Waals surface area contributed by atoms with Crippen LogP contribution in [0.3, 0.4) is 0 Å². The molecule has 2 aromatic carbocycles. The predicted octanol–water partition coefficient (Wildman–Crippen LogP) is 3.37. The molecule has 0 aliphatic carbocycles. The number of carbonyl (C=O) groups is 2. The Morgan fingerprint density at radius 1 is 1.07 bits per heavy atom. The molecule has 29 heavy (non-hydrogen) atoms. The highest BCUT2D eigenvalue weighted by molar-refractivity contribution is 7.20. The maximum absolute atomic E-state index is 13.2. The van der Waals surface area contributed by atoms with Crippen LogP contribution in [0.5, 0.6) is 0 Å². The third kappa shape index (κ3) is 2.06. The number of para-hydroxylation sites is 2. The minimum absolute atomic E-state index is 0.0494. The molecule has 8 heteroatoms. The van der Waals surface area contributed by atoms with Gasteiger partial charge >= 0.3 is 0 Å². The number of fused-ring (bicyclic) bond motifs is 5. The molecule has 2 amide bonds. The van der Waals surface area contributed by atoms with Crippen molar-refractivity contribution in [3.8, 4) is 5.13 Å². The molecule has 142 valence electrons. The second kappa shape index (κ2) is 5.51. The first-order valence-electron chi connectivity index (χ1n) is 9.24. The molecule has 6 rings (SSSR count). The maximum Gasteiger partial charge on any atom is 0.240 e. The number of amides is 2. The van der Waals surface area contributed by atoms with Crippen molar-refractivity contribution in [1.29, 1.82) is 0 Å². The number of hydrogen-bond donors (Lipinski definition) is 2. The summed E-state index contributed by atoms with van der Waals surface area (Å²) in [6.07, 6.45) is 1.73. The standard InChI is InChI=1S/C21H15N5O2S/c1-11-5-4-6-12-17(11)25-19(28)21(12)9-16(27)24-18-13(21)10-22-26(18)20-23-14-7-2-3-8-15(14)29-20/h2-8,10H,9H2,1H3,(H,24,27)(H,25,28)/t21-/m1/s1. The molecule has 1 atom stereocenters. The normalized spacial score (nSPS) is 19.9. The molecule has 0 unspecified atom stereocenters. The summed E-state index contributed by atoms with van der Waals surface area (Å²) in [6, 6.07) is 13.6. The van der Waals surface area contributed by atoms with Gasteiger partial charge in [0.25, 0.3) is 0 Å². The van der Waals surface area contributed by atoms with E-state index in [-0.39, 0.29) is 18.2 Å². The van der Waals surface area contributed by atoms with E-state index in [0.29, 0.717) is 16.5 Å². The molecule has 0 bridgehead atoms. The Bertz CT molecular complexity index is 1320. The van der Waals surface area contributed by atoms with Gasteiger partial charge in [-0.1, -0.05) is 41.7 Å². The number of anilines is 2. The van der Waals surface area contributed by atoms with Gasteiger partial charge in [-0.3, -0.25) is 9.59 Å². The first kappa shape index (κ1) is 16.4. The number of carbonyl (C=O) groups excluding carboxylic acids is 2. The fraction of sp³-hybridized carbons (Fsp3) is 0.143. The summed E-state index contributed by atoms with van der Waals surface area (Å²) >= 11 is 1.49. The Labute approximate surface area is 169 Å². The van der Waals surface area contributed by atoms with E-state index >= 15 is 0 Å². The smallest absolute Gasteiger partial charge is 0.240 e. The topological polar surface area (TPSA) is 88.9 Å². The van der Waals surface area contributed by atoms with Crippen molar-refractivity contribution in [2.75, 3.05) is 10.6 Å². The molecule has 2 aliphatic heterocycles. The van der Waals surface area contributed by atoms with Gasteiger partial charge in [-0.25, -0.2) is 4.98 Å². The third-order valence-corrected chi connectivity index (χ3v) is 6.75. The second-order valence-corrected chi connectivity index (χ2v) is 8.37. The molecule has 0 saturated heterocycles. The van der Waals surface area contributed by atoms with Gasteiger partial charge in [0.15, 0.2) is 0 Å². The molecule has 7 nitrogen and oxygen atoms in total. The van der Waals surface area contributed by atoms with E-state index in [0.717, 1.165) is 27.0 Å². The molecule has 2 N–H and O–H groups in total. The summed E-state index contributed by atoms with van der Waals surface area (Å²) in [5, 5.41) is 11.1. The van der Waals surface area contributed by atoms with Crippen molar-refractivity contribution in [2.24, 2.45) is 0 Å². The Morgan fingerprint density at radius 3 is 2.79 bits per heavy atom. The predicted molar refractivity (Wildman–Crippen MR) is 111 cm³/mol. The van der Waals surface area contributed by atoms with Gasteiger partial charge < -0.3 is 10.6 Å². The summed E-state index contributed by atoms with van der Waals surface area (Å²) in [5.74, 6) is 0.0939. The maximum atomic E-state index is 13.2. The second-order valence-electron chi connectivity index (χ2n) is 7.36. The number of nitrogens with one attached hydrogen (secondary N) is 2. The van der Waals surface area contributed by atoms with Gasteiger partial charge in [-0.05, 0) is 30.2 Å². The summed E-state index contributed by atoms with van der Waals surface area (Å²) < 4.78 is 2.66. The van der Waals surface area contributed by atoms with Gasteiger partial charge in [0.1, 0.15) is 11.2 Å². The van der Waals surface area contributed by atoms with E-state index in [1.165, 1.54) is 11.3 Å². The first-order chi connectivity index (χ1) is 14.1. The number of aryl methyl sites for hydroxylation is 1. The molecule has 4 heterocycles. The summed E-state index contributed by atoms with van der Waals surface area (Å²) in [5.41, 5.74) is 3.06. The van der Waals surface area contributed by atoms with Crippen molar-refractivity contribution in [2.45, 2.75) is 18.8 Å². The number of thiazole rings is 1. The number of rotatable bonds is 1. The van der Waals surface area contributed by atoms with E-state index in [9.17, 15) is 9.59 Å². The molecule has 2 aromatic heterocycles. The van der Waals surface area contributed by atoms with Crippen LogP contribution in [-0.2, 0) is 15.0 Å². The van der Waals surface area contributed by atoms with Gasteiger partial charge in [-0.15, -0.1) is 0 Å². The number of aromatic nitrogens is 3. The Balaban J connectivity index is 1.60. The Morgan fingerprint density at radius 2 is 1.93 bits per heavy atom. The van der Waals surface area contributed by atoms with Gasteiger partial charge in [0.2, 0.25) is 16.9 Å². The molecule has 0 fully saturated rings. The zero-order valence-corrected chi connectivity index (χ0v) is 16.2. The summed E-state index contributed by atoms with van der Waals surface area (Å²) in [4.78, 5) is 30.6. The Hall–Kier alpha value is -3.52. The van der Waals surface area contributed by atoms with Crippen LogP contribution in [0.4, 0.5) is 11.5 Å². The van der Waals surface area contributed by atoms with Crippen LogP contribution in [0.15, 0.2) is 48.7 Å². The van der Waals surface area contributed by atoms with Crippen molar-refractivity contribution < 1.29 is 9.59 Å². The quantitative estimate of drug-likeness (QED) is 0.512. The average molecular weight is 401 g/mol. The van der Waals surface area contributed by atoms with Crippen LogP contribution in [0.25, 0.3) is 15.3 Å². The molecule has 1 spiro atoms. The number of nitrogens with zero attached hydrogens (tertiary/aromatic N) is 3. The van der Waals surface area contributed by atoms with Crippen molar-refractivity contribution >= 4 is 44.9 Å². The minimum Gasteiger partial charge on any atom is -0.324 e. The lowest BCUT2D eigenvalue weighted by Crippen LogP contribution is -2.43. The number of hydrogen-bond acceptors (Lipinski definition) is 5. The fourth-order valence-corrected chi connectivity index (χ4v) is 5.29. The summed E-state index contributed by atoms with van der Waals surface area (Å²) in [6.45, 7) is 1.95. The molecular formula is C21H15N5O2S. The van der Waals surface area contributed by atoms with Crippen LogP contribution < -0.4 is 10.6 Å². The van der Waals surface area contributed by atoms with E-state index in [2.05, 4.69) is 20.7 Å². The lowest BCUT2D eigenvalue weighted by Gasteiger charge is -2.31. The number of benzene rings is 2. The minimum atomic E-state index is -1.08. The van der Waals surface area contributed by atoms with Crippen molar-refractivity contribution in [3.05, 3.63) is 65.4 Å². The van der Waals surface area contributed by atoms with Crippen LogP contribution in [0.2, 0.25) is 0 Å². The van der Waals surface area contributed by atoms with Crippen LogP contribution in [0, 0.1) is 6.92 Å². The van der Waals surface area contributed by atoms with Gasteiger partial charge in [0.05, 0.1) is 16.4 Å². The lowest BCUT2D eigenvalue weighted by molar-refractivity contribution is -0.125. The van der Waals surface area contributed by atoms with Crippen LogP contribution in [0.1, 0.15) is 23.1 Å².